The van der Waals surface area contributed by atoms with E-state index in [0.29, 0.717) is 0 Å². The van der Waals surface area contributed by atoms with Crippen LogP contribution in [0, 0.1) is 6.92 Å². The molecular formula is C18H26N4O3. The molecule has 0 bridgehead atoms. The number of aryl methyl sites for hydroxylation is 1. The van der Waals surface area contributed by atoms with E-state index in [2.05, 4.69) is 10.5 Å². The third-order valence-corrected chi connectivity index (χ3v) is 4.09. The molecule has 0 spiro atoms. The lowest BCUT2D eigenvalue weighted by molar-refractivity contribution is -0.136. The Morgan fingerprint density at radius 2 is 1.88 bits per heavy atom. The number of likely N-dealkylation sites (tertiary alicyclic amines) is 1. The Labute approximate surface area is 148 Å². The first-order valence-corrected chi connectivity index (χ1v) is 8.64. The number of oxime groups is 1. The van der Waals surface area contributed by atoms with Crippen LogP contribution in [0.1, 0.15) is 37.7 Å². The summed E-state index contributed by atoms with van der Waals surface area (Å²) in [6, 6.07) is 7.47. The first kappa shape index (κ1) is 18.8. The summed E-state index contributed by atoms with van der Waals surface area (Å²) in [5.74, 6) is -0.337. The largest absolute Gasteiger partial charge is 0.384 e. The summed E-state index contributed by atoms with van der Waals surface area (Å²) in [4.78, 5) is 30.8. The zero-order valence-electron chi connectivity index (χ0n) is 14.7. The van der Waals surface area contributed by atoms with Crippen LogP contribution in [0.25, 0.3) is 0 Å². The van der Waals surface area contributed by atoms with Crippen LogP contribution in [0.5, 0.6) is 0 Å². The summed E-state index contributed by atoms with van der Waals surface area (Å²) in [7, 11) is 0. The molecule has 0 saturated carbocycles. The standard InChI is InChI=1S/C18H26N4O3/c1-14-8-4-5-9-15(14)20-17(23)12-16(19)21-25-13-18(24)22-10-6-2-3-7-11-22/h4-5,8-9H,2-3,6-7,10-13H2,1H3,(H2,19,21)(H,20,23). The maximum atomic E-state index is 12.0. The van der Waals surface area contributed by atoms with Crippen LogP contribution in [0.15, 0.2) is 29.4 Å². The zero-order chi connectivity index (χ0) is 18.1. The average molecular weight is 346 g/mol. The summed E-state index contributed by atoms with van der Waals surface area (Å²) in [6.07, 6.45) is 4.27. The van der Waals surface area contributed by atoms with Crippen molar-refractivity contribution in [2.45, 2.75) is 39.0 Å². The van der Waals surface area contributed by atoms with E-state index >= 15 is 0 Å². The molecule has 7 heteroatoms. The molecule has 25 heavy (non-hydrogen) atoms. The normalized spacial score (nSPS) is 15.4. The minimum atomic E-state index is -0.280. The van der Waals surface area contributed by atoms with Crippen molar-refractivity contribution in [3.63, 3.8) is 0 Å². The molecular weight excluding hydrogens is 320 g/mol. The number of nitrogens with two attached hydrogens (primary N) is 1. The number of hydrogen-bond acceptors (Lipinski definition) is 4. The average Bonchev–Trinajstić information content (AvgIpc) is 2.86. The third-order valence-electron chi connectivity index (χ3n) is 4.09. The first-order valence-electron chi connectivity index (χ1n) is 8.64. The van der Waals surface area contributed by atoms with Gasteiger partial charge in [-0.1, -0.05) is 36.2 Å². The molecule has 136 valence electrons. The van der Waals surface area contributed by atoms with Crippen molar-refractivity contribution in [1.29, 1.82) is 0 Å². The number of para-hydroxylation sites is 1. The molecule has 1 saturated heterocycles. The van der Waals surface area contributed by atoms with Crippen molar-refractivity contribution in [3.8, 4) is 0 Å². The first-order chi connectivity index (χ1) is 12.1. The van der Waals surface area contributed by atoms with Crippen molar-refractivity contribution in [1.82, 2.24) is 4.90 Å². The highest BCUT2D eigenvalue weighted by molar-refractivity contribution is 6.05. The number of nitrogens with one attached hydrogen (secondary N) is 1. The van der Waals surface area contributed by atoms with Gasteiger partial charge in [-0.15, -0.1) is 0 Å². The van der Waals surface area contributed by atoms with Crippen molar-refractivity contribution in [2.24, 2.45) is 10.9 Å². The lowest BCUT2D eigenvalue weighted by atomic mass is 10.2. The number of anilines is 1. The van der Waals surface area contributed by atoms with E-state index in [4.69, 9.17) is 10.6 Å². The Morgan fingerprint density at radius 1 is 1.20 bits per heavy atom. The predicted molar refractivity (Wildman–Crippen MR) is 97.0 cm³/mol. The maximum absolute atomic E-state index is 12.0. The molecule has 0 aliphatic carbocycles. The molecule has 3 N–H and O–H groups in total. The summed E-state index contributed by atoms with van der Waals surface area (Å²) in [5, 5.41) is 6.44. The molecule has 1 aromatic rings. The lowest BCUT2D eigenvalue weighted by Gasteiger charge is -2.19. The number of amidine groups is 1. The second kappa shape index (κ2) is 9.66. The topological polar surface area (TPSA) is 97.0 Å². The van der Waals surface area contributed by atoms with Crippen LogP contribution in [-0.4, -0.2) is 42.2 Å². The Kier molecular flexibility index (Phi) is 7.25. The van der Waals surface area contributed by atoms with E-state index in [0.717, 1.165) is 50.0 Å². The predicted octanol–water partition coefficient (Wildman–Crippen LogP) is 2.02. The molecule has 1 heterocycles. The number of amides is 2. The van der Waals surface area contributed by atoms with Crippen LogP contribution in [0.3, 0.4) is 0 Å². The lowest BCUT2D eigenvalue weighted by Crippen LogP contribution is -2.34. The van der Waals surface area contributed by atoms with E-state index in [1.165, 1.54) is 0 Å². The molecule has 7 nitrogen and oxygen atoms in total. The van der Waals surface area contributed by atoms with Crippen molar-refractivity contribution >= 4 is 23.3 Å². The van der Waals surface area contributed by atoms with Gasteiger partial charge in [0.05, 0.1) is 6.42 Å². The molecule has 1 fully saturated rings. The van der Waals surface area contributed by atoms with E-state index < -0.39 is 0 Å². The van der Waals surface area contributed by atoms with Gasteiger partial charge in [-0.2, -0.15) is 0 Å². The Morgan fingerprint density at radius 3 is 2.56 bits per heavy atom. The van der Waals surface area contributed by atoms with Gasteiger partial charge >= 0.3 is 0 Å². The number of nitrogens with zero attached hydrogens (tertiary/aromatic N) is 2. The molecule has 2 rings (SSSR count). The summed E-state index contributed by atoms with van der Waals surface area (Å²) < 4.78 is 0. The highest BCUT2D eigenvalue weighted by atomic mass is 16.6. The number of carbonyl (C=O) groups is 2. The van der Waals surface area contributed by atoms with Gasteiger partial charge in [0.2, 0.25) is 5.91 Å². The third kappa shape index (κ3) is 6.45. The van der Waals surface area contributed by atoms with Gasteiger partial charge in [-0.05, 0) is 31.4 Å². The Bertz CT molecular complexity index is 623. The number of benzene rings is 1. The van der Waals surface area contributed by atoms with Gasteiger partial charge in [0.25, 0.3) is 5.91 Å². The second-order valence-electron chi connectivity index (χ2n) is 6.19. The van der Waals surface area contributed by atoms with Crippen LogP contribution >= 0.6 is 0 Å². The van der Waals surface area contributed by atoms with Gasteiger partial charge in [0, 0.05) is 18.8 Å². The quantitative estimate of drug-likeness (QED) is 0.468. The molecule has 1 aromatic carbocycles. The Hall–Kier alpha value is -2.57. The molecule has 0 atom stereocenters. The molecule has 1 aliphatic rings. The van der Waals surface area contributed by atoms with Gasteiger partial charge in [0.15, 0.2) is 6.61 Å². The van der Waals surface area contributed by atoms with Gasteiger partial charge < -0.3 is 20.8 Å². The number of rotatable bonds is 6. The molecule has 0 aromatic heterocycles. The maximum Gasteiger partial charge on any atom is 0.263 e. The van der Waals surface area contributed by atoms with Gasteiger partial charge in [-0.25, -0.2) is 0 Å². The molecule has 0 radical (unpaired) electrons. The van der Waals surface area contributed by atoms with Crippen molar-refractivity contribution < 1.29 is 14.4 Å². The van der Waals surface area contributed by atoms with Crippen LogP contribution in [-0.2, 0) is 14.4 Å². The fourth-order valence-electron chi connectivity index (χ4n) is 2.69. The van der Waals surface area contributed by atoms with E-state index in [9.17, 15) is 9.59 Å². The minimum absolute atomic E-state index is 0.0368. The minimum Gasteiger partial charge on any atom is -0.384 e. The summed E-state index contributed by atoms with van der Waals surface area (Å²) >= 11 is 0. The van der Waals surface area contributed by atoms with Crippen molar-refractivity contribution in [2.75, 3.05) is 25.0 Å². The molecule has 2 amide bonds. The van der Waals surface area contributed by atoms with Crippen molar-refractivity contribution in [3.05, 3.63) is 29.8 Å². The fourth-order valence-corrected chi connectivity index (χ4v) is 2.69. The highest BCUT2D eigenvalue weighted by Crippen LogP contribution is 2.13. The van der Waals surface area contributed by atoms with E-state index in [1.54, 1.807) is 4.90 Å². The fraction of sp³-hybridized carbons (Fsp3) is 0.500. The van der Waals surface area contributed by atoms with E-state index in [1.807, 2.05) is 31.2 Å². The van der Waals surface area contributed by atoms with Gasteiger partial charge in [0.1, 0.15) is 5.84 Å². The number of carbonyl (C=O) groups excluding carboxylic acids is 2. The van der Waals surface area contributed by atoms with Crippen LogP contribution in [0.2, 0.25) is 0 Å². The van der Waals surface area contributed by atoms with Crippen LogP contribution < -0.4 is 11.1 Å². The van der Waals surface area contributed by atoms with Gasteiger partial charge in [-0.3, -0.25) is 9.59 Å². The monoisotopic (exact) mass is 346 g/mol. The SMILES string of the molecule is Cc1ccccc1NC(=O)CC(N)=NOCC(=O)N1CCCCCC1. The second-order valence-corrected chi connectivity index (χ2v) is 6.19. The summed E-state index contributed by atoms with van der Waals surface area (Å²) in [6.45, 7) is 3.28. The Balaban J connectivity index is 1.74. The molecule has 1 aliphatic heterocycles. The summed E-state index contributed by atoms with van der Waals surface area (Å²) in [5.41, 5.74) is 7.39. The zero-order valence-corrected chi connectivity index (χ0v) is 14.7. The smallest absolute Gasteiger partial charge is 0.263 e. The van der Waals surface area contributed by atoms with E-state index in [-0.39, 0.29) is 30.7 Å². The number of hydrogen-bond donors (Lipinski definition) is 2. The highest BCUT2D eigenvalue weighted by Gasteiger charge is 2.16. The van der Waals surface area contributed by atoms with Crippen LogP contribution in [0.4, 0.5) is 5.69 Å². The molecule has 0 unspecified atom stereocenters.